The Morgan fingerprint density at radius 3 is 2.21 bits per heavy atom. The van der Waals surface area contributed by atoms with E-state index in [0.717, 1.165) is 6.42 Å². The van der Waals surface area contributed by atoms with Gasteiger partial charge < -0.3 is 24.3 Å². The average Bonchev–Trinajstić information content (AvgIpc) is 2.58. The number of nitroso groups, excluding NO2 is 1. The van der Waals surface area contributed by atoms with E-state index in [1.165, 1.54) is 12.8 Å². The van der Waals surface area contributed by atoms with E-state index in [1.54, 1.807) is 13.8 Å². The fourth-order valence-electron chi connectivity index (χ4n) is 0.638. The van der Waals surface area contributed by atoms with E-state index in [0.29, 0.717) is 0 Å². The average molecular weight is 365 g/mol. The molecule has 0 fully saturated rings. The number of nitrogens with zero attached hydrogens (tertiary/aromatic N) is 1. The minimum Gasteiger partial charge on any atom is -0.577 e. The summed E-state index contributed by atoms with van der Waals surface area (Å²) in [6, 6.07) is 0. The van der Waals surface area contributed by atoms with E-state index in [2.05, 4.69) is 32.1 Å². The Kier molecular flexibility index (Phi) is 64.9. The minimum absolute atomic E-state index is 0. The van der Waals surface area contributed by atoms with Crippen molar-refractivity contribution in [1.29, 1.82) is 0 Å². The Morgan fingerprint density at radius 1 is 1.21 bits per heavy atom. The fraction of sp³-hybridized carbons (Fsp3) is 0.455. The predicted octanol–water partition coefficient (Wildman–Crippen LogP) is 4.09. The number of allylic oxidation sites excluding steroid dienone is 4. The molecule has 1 aliphatic rings. The van der Waals surface area contributed by atoms with E-state index >= 15 is 0 Å². The van der Waals surface area contributed by atoms with Crippen LogP contribution in [0.3, 0.4) is 0 Å². The monoisotopic (exact) mass is 365 g/mol. The Bertz CT molecular complexity index is 102. The molecule has 2 nitrogen and oxygen atoms in total. The van der Waals surface area contributed by atoms with E-state index < -0.39 is 0 Å². The minimum atomic E-state index is 0. The maximum absolute atomic E-state index is 7.25. The van der Waals surface area contributed by atoms with Gasteiger partial charge in [-0.2, -0.15) is 19.9 Å². The normalized spacial score (nSPS) is 10.9. The van der Waals surface area contributed by atoms with Crippen molar-refractivity contribution < 1.29 is 21.1 Å². The Balaban J connectivity index is -0.0000000625. The molecule has 0 spiro atoms. The van der Waals surface area contributed by atoms with Crippen molar-refractivity contribution in [3.8, 4) is 0 Å². The Labute approximate surface area is 103 Å². The van der Waals surface area contributed by atoms with Crippen molar-refractivity contribution in [2.75, 3.05) is 0 Å². The predicted molar refractivity (Wildman–Crippen MR) is 59.6 cm³/mol. The largest absolute Gasteiger partial charge is 0.577 e. The van der Waals surface area contributed by atoms with Crippen LogP contribution < -0.4 is 0 Å². The van der Waals surface area contributed by atoms with Gasteiger partial charge in [-0.15, -0.1) is 6.42 Å². The van der Waals surface area contributed by atoms with Crippen LogP contribution >= 0.6 is 0 Å². The van der Waals surface area contributed by atoms with Gasteiger partial charge in [0.05, 0.1) is 0 Å². The maximum Gasteiger partial charge on any atom is 0 e. The summed E-state index contributed by atoms with van der Waals surface area (Å²) >= 11 is 0. The van der Waals surface area contributed by atoms with Gasteiger partial charge in [0.1, 0.15) is 0 Å². The molecule has 0 radical (unpaired) electrons. The molecule has 0 aromatic rings. The molecule has 0 amide bonds. The molecule has 0 N–H and O–H groups in total. The van der Waals surface area contributed by atoms with E-state index in [9.17, 15) is 0 Å². The van der Waals surface area contributed by atoms with Gasteiger partial charge in [0.15, 0.2) is 0 Å². The summed E-state index contributed by atoms with van der Waals surface area (Å²) < 4.78 is 0. The summed E-state index contributed by atoms with van der Waals surface area (Å²) in [5, 5.41) is 0. The van der Waals surface area contributed by atoms with Crippen molar-refractivity contribution >= 4 is 0 Å². The van der Waals surface area contributed by atoms with E-state index in [4.69, 9.17) is 10.5 Å². The number of rotatable bonds is 0. The number of hydrogen-bond donors (Lipinski definition) is 0. The summed E-state index contributed by atoms with van der Waals surface area (Å²) in [7, 11) is 0. The third-order valence-corrected chi connectivity index (χ3v) is 1.04. The van der Waals surface area contributed by atoms with Crippen LogP contribution in [-0.4, -0.2) is 0 Å². The molecular formula is C11H19NOW-4. The molecule has 0 atom stereocenters. The van der Waals surface area contributed by atoms with Gasteiger partial charge in [-0.1, -0.05) is 12.8 Å². The molecule has 1 aliphatic carbocycles. The molecule has 0 aromatic carbocycles. The first kappa shape index (κ1) is 23.5. The molecule has 14 heavy (non-hydrogen) atoms. The molecule has 0 heterocycles. The Morgan fingerprint density at radius 2 is 1.71 bits per heavy atom. The van der Waals surface area contributed by atoms with E-state index in [-0.39, 0.29) is 21.1 Å². The van der Waals surface area contributed by atoms with Crippen LogP contribution in [0.25, 0.3) is 5.59 Å². The molecule has 0 saturated carbocycles. The first-order chi connectivity index (χ1) is 6.50. The third-order valence-electron chi connectivity index (χ3n) is 1.04. The second-order valence-corrected chi connectivity index (χ2v) is 1.69. The molecule has 0 aromatic heterocycles. The molecule has 0 bridgehead atoms. The van der Waals surface area contributed by atoms with Crippen LogP contribution in [-0.2, 0) is 21.1 Å². The van der Waals surface area contributed by atoms with E-state index in [1.807, 2.05) is 6.08 Å². The zero-order valence-electron chi connectivity index (χ0n) is 9.03. The summed E-state index contributed by atoms with van der Waals surface area (Å²) in [6.45, 7) is 10.0. The van der Waals surface area contributed by atoms with Crippen molar-refractivity contribution in [2.24, 2.45) is 0 Å². The summed E-state index contributed by atoms with van der Waals surface area (Å²) in [5.41, 5.74) is 5.75. The van der Waals surface area contributed by atoms with Crippen molar-refractivity contribution in [3.05, 3.63) is 48.7 Å². The molecule has 0 saturated heterocycles. The third kappa shape index (κ3) is 29.8. The zero-order valence-corrected chi connectivity index (χ0v) is 12.0. The summed E-state index contributed by atoms with van der Waals surface area (Å²) in [6.07, 6.45) is 13.0. The van der Waals surface area contributed by atoms with Gasteiger partial charge in [0.25, 0.3) is 0 Å². The van der Waals surface area contributed by atoms with Crippen LogP contribution in [0.5, 0.6) is 0 Å². The first-order valence-electron chi connectivity index (χ1n) is 4.31. The van der Waals surface area contributed by atoms with Crippen molar-refractivity contribution in [1.82, 2.24) is 0 Å². The smallest absolute Gasteiger partial charge is 0 e. The van der Waals surface area contributed by atoms with Crippen LogP contribution in [0.4, 0.5) is 0 Å². The summed E-state index contributed by atoms with van der Waals surface area (Å²) in [4.78, 5) is 7.25. The van der Waals surface area contributed by atoms with Gasteiger partial charge in [-0.25, -0.2) is 12.2 Å². The van der Waals surface area contributed by atoms with Crippen molar-refractivity contribution in [2.45, 2.75) is 33.1 Å². The molecule has 1 rings (SSSR count). The molecule has 3 heteroatoms. The van der Waals surface area contributed by atoms with Gasteiger partial charge in [-0.05, 0) is 0 Å². The van der Waals surface area contributed by atoms with Gasteiger partial charge in [-0.3, -0.25) is 6.08 Å². The second kappa shape index (κ2) is 38.6. The Hall–Kier alpha value is -0.232. The van der Waals surface area contributed by atoms with Gasteiger partial charge >= 0.3 is 0 Å². The molecular weight excluding hydrogens is 346 g/mol. The standard InChI is InChI=1S/C7H9.2C2H5.NO.W/c1-2-4-6-7-5-3-1;3*1-2;/h1-3H,4,6-7H2;2*1H2,2H3;;/q4*-1;. The van der Waals surface area contributed by atoms with Gasteiger partial charge in [0.2, 0.25) is 0 Å². The topological polar surface area (TPSA) is 39.4 Å². The molecule has 0 aliphatic heterocycles. The van der Waals surface area contributed by atoms with Crippen LogP contribution in [0.15, 0.2) is 18.2 Å². The van der Waals surface area contributed by atoms with Gasteiger partial charge in [0, 0.05) is 21.1 Å². The summed E-state index contributed by atoms with van der Waals surface area (Å²) in [5.74, 6) is 0. The van der Waals surface area contributed by atoms with Crippen LogP contribution in [0.2, 0.25) is 0 Å². The molecule has 0 unspecified atom stereocenters. The first-order valence-corrected chi connectivity index (χ1v) is 4.31. The maximum atomic E-state index is 7.25. The number of hydrogen-bond acceptors (Lipinski definition) is 1. The second-order valence-electron chi connectivity index (χ2n) is 1.69. The quantitative estimate of drug-likeness (QED) is 0.596. The zero-order chi connectivity index (χ0) is 10.9. The SMILES string of the molecule is [C-]1=CC=CCCC1.[CH2-]C.[CH2-]C.[N-]=O.[W]. The molecule has 84 valence electrons. The fourth-order valence-corrected chi connectivity index (χ4v) is 0.638. The van der Waals surface area contributed by atoms with Crippen LogP contribution in [0.1, 0.15) is 33.1 Å². The van der Waals surface area contributed by atoms with Crippen molar-refractivity contribution in [3.63, 3.8) is 0 Å². The van der Waals surface area contributed by atoms with Crippen LogP contribution in [0, 0.1) is 24.8 Å².